The maximum atomic E-state index is 11.5. The van der Waals surface area contributed by atoms with Crippen LogP contribution in [0.5, 0.6) is 0 Å². The molecule has 0 saturated carbocycles. The van der Waals surface area contributed by atoms with Crippen LogP contribution >= 0.6 is 0 Å². The molecule has 3 N–H and O–H groups in total. The van der Waals surface area contributed by atoms with Crippen molar-refractivity contribution in [1.29, 1.82) is 0 Å². The maximum Gasteiger partial charge on any atom is 0.358 e. The quantitative estimate of drug-likeness (QED) is 0.477. The molecule has 27 heavy (non-hydrogen) atoms. The first-order valence-corrected chi connectivity index (χ1v) is 7.80. The highest BCUT2D eigenvalue weighted by atomic mass is 16.7. The van der Waals surface area contributed by atoms with Gasteiger partial charge >= 0.3 is 23.9 Å². The number of ether oxygens (including phenoxy) is 4. The van der Waals surface area contributed by atoms with Crippen molar-refractivity contribution in [1.82, 2.24) is 9.55 Å². The Hall–Kier alpha value is -3.15. The van der Waals surface area contributed by atoms with Gasteiger partial charge in [-0.1, -0.05) is 0 Å². The van der Waals surface area contributed by atoms with Crippen molar-refractivity contribution in [2.24, 2.45) is 0 Å². The molecule has 1 fully saturated rings. The third-order valence-corrected chi connectivity index (χ3v) is 3.65. The van der Waals surface area contributed by atoms with Crippen molar-refractivity contribution in [3.63, 3.8) is 0 Å². The first kappa shape index (κ1) is 20.2. The molecule has 1 aromatic heterocycles. The van der Waals surface area contributed by atoms with Crippen molar-refractivity contribution in [3.05, 3.63) is 12.0 Å². The lowest BCUT2D eigenvalue weighted by Crippen LogP contribution is -2.40. The number of hydrogen-bond donors (Lipinski definition) is 2. The van der Waals surface area contributed by atoms with Crippen LogP contribution in [-0.4, -0.2) is 63.5 Å². The predicted molar refractivity (Wildman–Crippen MR) is 85.2 cm³/mol. The van der Waals surface area contributed by atoms with Crippen LogP contribution in [0.25, 0.3) is 0 Å². The van der Waals surface area contributed by atoms with Crippen LogP contribution in [0.2, 0.25) is 0 Å². The highest BCUT2D eigenvalue weighted by Gasteiger charge is 2.51. The molecule has 148 valence electrons. The number of aromatic carboxylic acids is 1. The van der Waals surface area contributed by atoms with Gasteiger partial charge in [0.05, 0.1) is 6.33 Å². The van der Waals surface area contributed by atoms with Gasteiger partial charge < -0.3 is 29.8 Å². The fourth-order valence-corrected chi connectivity index (χ4v) is 2.65. The highest BCUT2D eigenvalue weighted by molar-refractivity contribution is 5.90. The molecule has 12 nitrogen and oxygen atoms in total. The van der Waals surface area contributed by atoms with Gasteiger partial charge in [0.1, 0.15) is 18.5 Å². The minimum atomic E-state index is -1.36. The van der Waals surface area contributed by atoms with Crippen LogP contribution in [0.4, 0.5) is 5.82 Å². The van der Waals surface area contributed by atoms with E-state index < -0.39 is 54.1 Å². The van der Waals surface area contributed by atoms with Gasteiger partial charge in [-0.15, -0.1) is 0 Å². The second kappa shape index (κ2) is 8.03. The number of imidazole rings is 1. The summed E-state index contributed by atoms with van der Waals surface area (Å²) in [5, 5.41) is 9.09. The van der Waals surface area contributed by atoms with Crippen LogP contribution in [-0.2, 0) is 33.3 Å². The molecule has 0 amide bonds. The molecule has 12 heteroatoms. The smallest absolute Gasteiger partial charge is 0.358 e. The van der Waals surface area contributed by atoms with Crippen LogP contribution in [0, 0.1) is 0 Å². The first-order valence-electron chi connectivity index (χ1n) is 7.80. The Balaban J connectivity index is 2.41. The average Bonchev–Trinajstić information content (AvgIpc) is 3.06. The van der Waals surface area contributed by atoms with Crippen LogP contribution in [0.3, 0.4) is 0 Å². The molecule has 0 unspecified atom stereocenters. The fraction of sp³-hybridized carbons (Fsp3) is 0.533. The standard InChI is InChI=1S/C15H19N3O9/c1-6(19)24-4-9-11(25-7(2)20)12(26-8(3)21)14(27-9)18-5-17-10(13(18)16)15(22)23/h5,9,11-12,14H,4,16H2,1-3H3,(H,22,23)/t9-,11-,12-,14-/m1/s1. The normalized spacial score (nSPS) is 24.3. The molecule has 2 rings (SSSR count). The van der Waals surface area contributed by atoms with E-state index in [0.717, 1.165) is 24.7 Å². The minimum Gasteiger partial charge on any atom is -0.476 e. The monoisotopic (exact) mass is 385 g/mol. The summed E-state index contributed by atoms with van der Waals surface area (Å²) < 4.78 is 22.2. The van der Waals surface area contributed by atoms with Gasteiger partial charge in [-0.25, -0.2) is 9.78 Å². The highest BCUT2D eigenvalue weighted by Crippen LogP contribution is 2.36. The summed E-state index contributed by atoms with van der Waals surface area (Å²) in [5.74, 6) is -3.58. The lowest BCUT2D eigenvalue weighted by Gasteiger charge is -2.24. The zero-order valence-corrected chi connectivity index (χ0v) is 14.8. The Kier molecular flexibility index (Phi) is 6.00. The molecule has 0 bridgehead atoms. The van der Waals surface area contributed by atoms with E-state index in [2.05, 4.69) is 4.98 Å². The number of anilines is 1. The first-order chi connectivity index (χ1) is 12.6. The van der Waals surface area contributed by atoms with Crippen molar-refractivity contribution >= 4 is 29.7 Å². The molecule has 1 aliphatic rings. The van der Waals surface area contributed by atoms with Crippen LogP contribution < -0.4 is 5.73 Å². The topological polar surface area (TPSA) is 169 Å². The number of aromatic nitrogens is 2. The number of hydrogen-bond acceptors (Lipinski definition) is 10. The SMILES string of the molecule is CC(=O)OC[C@H]1O[C@@H](n2cnc(C(=O)O)c2N)[C@H](OC(C)=O)[C@@H]1OC(C)=O. The molecule has 1 aliphatic heterocycles. The van der Waals surface area contributed by atoms with E-state index in [0.29, 0.717) is 0 Å². The second-order valence-corrected chi connectivity index (χ2v) is 5.71. The average molecular weight is 385 g/mol. The van der Waals surface area contributed by atoms with E-state index in [1.807, 2.05) is 0 Å². The molecule has 0 spiro atoms. The molecule has 2 heterocycles. The summed E-state index contributed by atoms with van der Waals surface area (Å²) in [6, 6.07) is 0. The number of carbonyl (C=O) groups excluding carboxylic acids is 3. The number of nitrogens with two attached hydrogens (primary N) is 1. The molecule has 1 aromatic rings. The molecule has 0 aliphatic carbocycles. The third-order valence-electron chi connectivity index (χ3n) is 3.65. The molecule has 0 aromatic carbocycles. The number of nitrogen functional groups attached to an aromatic ring is 1. The molecular formula is C15H19N3O9. The summed E-state index contributed by atoms with van der Waals surface area (Å²) in [6.45, 7) is 3.18. The summed E-state index contributed by atoms with van der Waals surface area (Å²) in [6.07, 6.45) is -3.34. The minimum absolute atomic E-state index is 0.251. The summed E-state index contributed by atoms with van der Waals surface area (Å²) in [7, 11) is 0. The van der Waals surface area contributed by atoms with E-state index >= 15 is 0 Å². The summed E-state index contributed by atoms with van der Waals surface area (Å²) in [4.78, 5) is 48.9. The Morgan fingerprint density at radius 2 is 1.74 bits per heavy atom. The number of carboxylic acid groups (broad SMARTS) is 1. The van der Waals surface area contributed by atoms with Gasteiger partial charge in [-0.05, 0) is 0 Å². The van der Waals surface area contributed by atoms with Gasteiger partial charge in [0.2, 0.25) is 0 Å². The Morgan fingerprint density at radius 3 is 2.22 bits per heavy atom. The van der Waals surface area contributed by atoms with Gasteiger partial charge in [0, 0.05) is 20.8 Å². The van der Waals surface area contributed by atoms with Gasteiger partial charge in [-0.2, -0.15) is 0 Å². The maximum absolute atomic E-state index is 11.5. The zero-order valence-electron chi connectivity index (χ0n) is 14.8. The van der Waals surface area contributed by atoms with Gasteiger partial charge in [-0.3, -0.25) is 19.0 Å². The number of carboxylic acids is 1. The van der Waals surface area contributed by atoms with E-state index in [4.69, 9.17) is 29.8 Å². The second-order valence-electron chi connectivity index (χ2n) is 5.71. The third kappa shape index (κ3) is 4.53. The van der Waals surface area contributed by atoms with Crippen molar-refractivity contribution in [2.75, 3.05) is 12.3 Å². The van der Waals surface area contributed by atoms with E-state index in [1.165, 1.54) is 6.92 Å². The Bertz CT molecular complexity index is 760. The van der Waals surface area contributed by atoms with E-state index in [-0.39, 0.29) is 12.4 Å². The fourth-order valence-electron chi connectivity index (χ4n) is 2.65. The summed E-state index contributed by atoms with van der Waals surface area (Å²) >= 11 is 0. The molecule has 4 atom stereocenters. The number of rotatable bonds is 6. The van der Waals surface area contributed by atoms with Gasteiger partial charge in [0.25, 0.3) is 0 Å². The number of carbonyl (C=O) groups is 4. The van der Waals surface area contributed by atoms with E-state index in [9.17, 15) is 19.2 Å². The van der Waals surface area contributed by atoms with Crippen LogP contribution in [0.15, 0.2) is 6.33 Å². The lowest BCUT2D eigenvalue weighted by atomic mass is 10.1. The predicted octanol–water partition coefficient (Wildman–Crippen LogP) is -0.513. The van der Waals surface area contributed by atoms with Crippen LogP contribution in [0.1, 0.15) is 37.5 Å². The Labute approximate surface area is 153 Å². The lowest BCUT2D eigenvalue weighted by molar-refractivity contribution is -0.166. The molecule has 1 saturated heterocycles. The number of nitrogens with zero attached hydrogens (tertiary/aromatic N) is 2. The Morgan fingerprint density at radius 1 is 1.15 bits per heavy atom. The van der Waals surface area contributed by atoms with Gasteiger partial charge in [0.15, 0.2) is 24.1 Å². The number of esters is 3. The largest absolute Gasteiger partial charge is 0.476 e. The zero-order chi connectivity index (χ0) is 20.3. The van der Waals surface area contributed by atoms with Crippen molar-refractivity contribution < 1.29 is 43.2 Å². The summed E-state index contributed by atoms with van der Waals surface area (Å²) in [5.41, 5.74) is 5.37. The van der Waals surface area contributed by atoms with Crippen molar-refractivity contribution in [3.8, 4) is 0 Å². The van der Waals surface area contributed by atoms with E-state index in [1.54, 1.807) is 0 Å². The molecule has 0 radical (unpaired) electrons. The van der Waals surface area contributed by atoms with Crippen molar-refractivity contribution in [2.45, 2.75) is 45.3 Å². The molecular weight excluding hydrogens is 366 g/mol.